The fourth-order valence-corrected chi connectivity index (χ4v) is 2.24. The minimum atomic E-state index is -0.661. The molecule has 0 heterocycles. The van der Waals surface area contributed by atoms with E-state index < -0.39 is 11.7 Å². The summed E-state index contributed by atoms with van der Waals surface area (Å²) in [6.45, 7) is 2.40. The number of anilines is 1. The molecule has 0 N–H and O–H groups in total. The monoisotopic (exact) mass is 319 g/mol. The molecule has 122 valence electrons. The first-order valence-corrected chi connectivity index (χ1v) is 8.16. The van der Waals surface area contributed by atoms with Gasteiger partial charge in [0.2, 0.25) is 0 Å². The van der Waals surface area contributed by atoms with Crippen LogP contribution >= 0.6 is 0 Å². The van der Waals surface area contributed by atoms with Crippen molar-refractivity contribution < 1.29 is 9.59 Å². The molecule has 0 bridgehead atoms. The predicted molar refractivity (Wildman–Crippen MR) is 96.4 cm³/mol. The fourth-order valence-electron chi connectivity index (χ4n) is 2.24. The molecule has 3 heteroatoms. The zero-order valence-corrected chi connectivity index (χ0v) is 13.9. The molecule has 0 fully saturated rings. The summed E-state index contributed by atoms with van der Waals surface area (Å²) in [5, 5.41) is 0. The molecule has 0 aromatic heterocycles. The van der Waals surface area contributed by atoms with Gasteiger partial charge < -0.3 is 4.90 Å². The molecule has 0 spiro atoms. The van der Waals surface area contributed by atoms with Gasteiger partial charge in [-0.05, 0) is 30.0 Å². The molecule has 0 aliphatic rings. The Kier molecular flexibility index (Phi) is 6.79. The lowest BCUT2D eigenvalue weighted by atomic mass is 10.1. The van der Waals surface area contributed by atoms with E-state index in [1.165, 1.54) is 4.90 Å². The van der Waals surface area contributed by atoms with Crippen LogP contribution in [0, 0.1) is 11.8 Å². The highest BCUT2D eigenvalue weighted by atomic mass is 16.2. The van der Waals surface area contributed by atoms with E-state index in [4.69, 9.17) is 0 Å². The van der Waals surface area contributed by atoms with E-state index in [-0.39, 0.29) is 0 Å². The number of ketones is 1. The number of benzene rings is 2. The first-order chi connectivity index (χ1) is 11.7. The minimum absolute atomic E-state index is 0.339. The van der Waals surface area contributed by atoms with Crippen LogP contribution in [-0.2, 0) is 16.1 Å². The Balaban J connectivity index is 2.20. The van der Waals surface area contributed by atoms with Gasteiger partial charge in [-0.1, -0.05) is 67.8 Å². The Bertz CT molecular complexity index is 727. The van der Waals surface area contributed by atoms with Crippen LogP contribution < -0.4 is 4.90 Å². The summed E-state index contributed by atoms with van der Waals surface area (Å²) in [7, 11) is 0. The first-order valence-electron chi connectivity index (χ1n) is 8.16. The number of unbranched alkanes of at least 4 members (excludes halogenated alkanes) is 2. The van der Waals surface area contributed by atoms with Crippen LogP contribution in [0.15, 0.2) is 60.7 Å². The third kappa shape index (κ3) is 5.10. The molecular weight excluding hydrogens is 298 g/mol. The molecule has 2 aromatic rings. The number of hydrogen-bond acceptors (Lipinski definition) is 2. The number of rotatable bonds is 6. The lowest BCUT2D eigenvalue weighted by molar-refractivity contribution is -0.133. The van der Waals surface area contributed by atoms with Gasteiger partial charge in [-0.25, -0.2) is 0 Å². The van der Waals surface area contributed by atoms with Crippen molar-refractivity contribution in [2.24, 2.45) is 0 Å². The van der Waals surface area contributed by atoms with Crippen molar-refractivity contribution >= 4 is 17.4 Å². The zero-order chi connectivity index (χ0) is 17.2. The Labute approximate surface area is 143 Å². The topological polar surface area (TPSA) is 37.4 Å². The largest absolute Gasteiger partial charge is 0.308 e. The number of hydrogen-bond donors (Lipinski definition) is 0. The number of Topliss-reactive ketones (excluding diaryl/α,β-unsaturated/α-hetero) is 1. The van der Waals surface area contributed by atoms with E-state index in [1.807, 2.05) is 60.7 Å². The molecule has 2 aromatic carbocycles. The molecule has 0 saturated carbocycles. The van der Waals surface area contributed by atoms with Crippen LogP contribution in [0.5, 0.6) is 0 Å². The summed E-state index contributed by atoms with van der Waals surface area (Å²) < 4.78 is 0. The molecule has 0 radical (unpaired) electrons. The summed E-state index contributed by atoms with van der Waals surface area (Å²) in [6, 6.07) is 18.8. The Morgan fingerprint density at radius 2 is 1.58 bits per heavy atom. The third-order valence-corrected chi connectivity index (χ3v) is 3.55. The van der Waals surface area contributed by atoms with Crippen LogP contribution in [0.4, 0.5) is 5.69 Å². The standard InChI is InChI=1S/C21H21NO2/c1-2-3-4-11-16-20(23)21(24)22(19-14-9-6-10-15-19)17-18-12-7-5-8-13-18/h5-10,12-15H,2-4,17H2,1H3. The van der Waals surface area contributed by atoms with Crippen molar-refractivity contribution in [2.75, 3.05) is 4.90 Å². The summed E-state index contributed by atoms with van der Waals surface area (Å²) in [5.41, 5.74) is 1.65. The molecular formula is C21H21NO2. The maximum absolute atomic E-state index is 12.6. The first kappa shape index (κ1) is 17.5. The highest BCUT2D eigenvalue weighted by Gasteiger charge is 2.22. The molecule has 0 saturated heterocycles. The molecule has 0 aliphatic heterocycles. The van der Waals surface area contributed by atoms with Crippen LogP contribution in [0.3, 0.4) is 0 Å². The Hall–Kier alpha value is -2.86. The van der Waals surface area contributed by atoms with Crippen LogP contribution in [0.2, 0.25) is 0 Å². The normalized spacial score (nSPS) is 9.71. The number of para-hydroxylation sites is 1. The summed E-state index contributed by atoms with van der Waals surface area (Å²) in [5.74, 6) is 4.01. The van der Waals surface area contributed by atoms with Crippen LogP contribution in [0.1, 0.15) is 31.7 Å². The van der Waals surface area contributed by atoms with E-state index in [1.54, 1.807) is 0 Å². The second kappa shape index (κ2) is 9.32. The van der Waals surface area contributed by atoms with Gasteiger partial charge in [0.05, 0.1) is 6.54 Å². The Morgan fingerprint density at radius 1 is 0.958 bits per heavy atom. The summed E-state index contributed by atoms with van der Waals surface area (Å²) >= 11 is 0. The van der Waals surface area contributed by atoms with Crippen molar-refractivity contribution in [2.45, 2.75) is 32.7 Å². The van der Waals surface area contributed by atoms with Crippen molar-refractivity contribution in [1.82, 2.24) is 0 Å². The van der Waals surface area contributed by atoms with Crippen LogP contribution in [-0.4, -0.2) is 11.7 Å². The average molecular weight is 319 g/mol. The number of nitrogens with zero attached hydrogens (tertiary/aromatic N) is 1. The van der Waals surface area contributed by atoms with Crippen molar-refractivity contribution in [3.05, 3.63) is 66.2 Å². The Morgan fingerprint density at radius 3 is 2.21 bits per heavy atom. The lowest BCUT2D eigenvalue weighted by Crippen LogP contribution is -2.35. The lowest BCUT2D eigenvalue weighted by Gasteiger charge is -2.21. The highest BCUT2D eigenvalue weighted by molar-refractivity contribution is 6.47. The van der Waals surface area contributed by atoms with Gasteiger partial charge in [0, 0.05) is 12.1 Å². The second-order valence-electron chi connectivity index (χ2n) is 5.45. The molecule has 0 atom stereocenters. The number of carbonyl (C=O) groups excluding carboxylic acids is 2. The second-order valence-corrected chi connectivity index (χ2v) is 5.45. The SMILES string of the molecule is CCCCC#CC(=O)C(=O)N(Cc1ccccc1)c1ccccc1. The maximum Gasteiger partial charge on any atom is 0.308 e. The van der Waals surface area contributed by atoms with E-state index in [9.17, 15) is 9.59 Å². The molecule has 2 rings (SSSR count). The molecule has 0 aliphatic carbocycles. The number of amides is 1. The summed E-state index contributed by atoms with van der Waals surface area (Å²) in [4.78, 5) is 26.2. The van der Waals surface area contributed by atoms with Gasteiger partial charge in [-0.2, -0.15) is 0 Å². The molecule has 0 unspecified atom stereocenters. The van der Waals surface area contributed by atoms with Gasteiger partial charge in [0.1, 0.15) is 0 Å². The maximum atomic E-state index is 12.6. The van der Waals surface area contributed by atoms with E-state index >= 15 is 0 Å². The van der Waals surface area contributed by atoms with Crippen molar-refractivity contribution in [3.63, 3.8) is 0 Å². The summed E-state index contributed by atoms with van der Waals surface area (Å²) in [6.07, 6.45) is 2.58. The van der Waals surface area contributed by atoms with Gasteiger partial charge in [0.25, 0.3) is 5.78 Å². The average Bonchev–Trinajstić information content (AvgIpc) is 2.64. The predicted octanol–water partition coefficient (Wildman–Crippen LogP) is 3.98. The van der Waals surface area contributed by atoms with Gasteiger partial charge in [-0.15, -0.1) is 0 Å². The molecule has 24 heavy (non-hydrogen) atoms. The molecule has 1 amide bonds. The zero-order valence-electron chi connectivity index (χ0n) is 13.9. The van der Waals surface area contributed by atoms with Crippen molar-refractivity contribution in [1.29, 1.82) is 0 Å². The number of carbonyl (C=O) groups is 2. The third-order valence-electron chi connectivity index (χ3n) is 3.55. The van der Waals surface area contributed by atoms with Gasteiger partial charge >= 0.3 is 5.91 Å². The fraction of sp³-hybridized carbons (Fsp3) is 0.238. The smallest absolute Gasteiger partial charge is 0.301 e. The van der Waals surface area contributed by atoms with E-state index in [0.29, 0.717) is 18.7 Å². The quantitative estimate of drug-likeness (QED) is 0.349. The van der Waals surface area contributed by atoms with E-state index in [2.05, 4.69) is 18.8 Å². The minimum Gasteiger partial charge on any atom is -0.301 e. The highest BCUT2D eigenvalue weighted by Crippen LogP contribution is 2.17. The van der Waals surface area contributed by atoms with Crippen molar-refractivity contribution in [3.8, 4) is 11.8 Å². The van der Waals surface area contributed by atoms with Crippen LogP contribution in [0.25, 0.3) is 0 Å². The van der Waals surface area contributed by atoms with Gasteiger partial charge in [0.15, 0.2) is 0 Å². The molecule has 3 nitrogen and oxygen atoms in total. The van der Waals surface area contributed by atoms with E-state index in [0.717, 1.165) is 18.4 Å². The van der Waals surface area contributed by atoms with Gasteiger partial charge in [-0.3, -0.25) is 9.59 Å².